The number of hydrogen-bond donors (Lipinski definition) is 0. The second-order valence-corrected chi connectivity index (χ2v) is 18.5. The van der Waals surface area contributed by atoms with Gasteiger partial charge in [0.15, 0.2) is 0 Å². The Labute approximate surface area is 395 Å². The van der Waals surface area contributed by atoms with Crippen LogP contribution in [0.3, 0.4) is 0 Å². The van der Waals surface area contributed by atoms with Gasteiger partial charge < -0.3 is 18.9 Å². The van der Waals surface area contributed by atoms with E-state index in [4.69, 9.17) is 18.9 Å². The average molecular weight is 903 g/mol. The number of carbonyl (C=O) groups is 4. The van der Waals surface area contributed by atoms with Crippen molar-refractivity contribution in [1.82, 2.24) is 0 Å². The summed E-state index contributed by atoms with van der Waals surface area (Å²) in [5, 5.41) is 0. The fourth-order valence-corrected chi connectivity index (χ4v) is 7.98. The van der Waals surface area contributed by atoms with Gasteiger partial charge in [0.1, 0.15) is 0 Å². The molecule has 0 saturated heterocycles. The van der Waals surface area contributed by atoms with Crippen molar-refractivity contribution in [3.63, 3.8) is 0 Å². The summed E-state index contributed by atoms with van der Waals surface area (Å²) < 4.78 is 22.3. The zero-order valence-corrected chi connectivity index (χ0v) is 42.5. The Balaban J connectivity index is 4.96. The van der Waals surface area contributed by atoms with Gasteiger partial charge in [0, 0.05) is 23.3 Å². The third kappa shape index (κ3) is 43.3. The Bertz CT molecular complexity index is 1060. The molecule has 0 aliphatic carbocycles. The van der Waals surface area contributed by atoms with Crippen molar-refractivity contribution >= 4 is 23.9 Å². The van der Waals surface area contributed by atoms with Gasteiger partial charge >= 0.3 is 23.9 Å². The predicted octanol–water partition coefficient (Wildman–Crippen LogP) is 16.7. The first-order chi connectivity index (χ1) is 31.4. The molecule has 0 spiro atoms. The maximum atomic E-state index is 13.1. The van der Waals surface area contributed by atoms with Crippen molar-refractivity contribution in [2.75, 3.05) is 26.4 Å². The highest BCUT2D eigenvalue weighted by Gasteiger charge is 2.16. The third-order valence-corrected chi connectivity index (χ3v) is 12.2. The molecule has 0 amide bonds. The third-order valence-electron chi connectivity index (χ3n) is 12.2. The van der Waals surface area contributed by atoms with Crippen LogP contribution in [-0.2, 0) is 38.1 Å². The van der Waals surface area contributed by atoms with Crippen LogP contribution in [0.5, 0.6) is 0 Å². The van der Waals surface area contributed by atoms with Gasteiger partial charge in [-0.05, 0) is 51.4 Å². The minimum atomic E-state index is -0.459. The molecule has 0 unspecified atom stereocenters. The molecule has 0 radical (unpaired) electrons. The topological polar surface area (TPSA) is 105 Å². The van der Waals surface area contributed by atoms with Crippen LogP contribution in [0.15, 0.2) is 23.3 Å². The summed E-state index contributed by atoms with van der Waals surface area (Å²) in [6.07, 6.45) is 46.4. The van der Waals surface area contributed by atoms with Crippen LogP contribution in [-0.4, -0.2) is 50.3 Å². The molecule has 0 atom stereocenters. The normalized spacial score (nSPS) is 11.8. The molecule has 0 aromatic rings. The highest BCUT2D eigenvalue weighted by atomic mass is 16.5. The van der Waals surface area contributed by atoms with Crippen molar-refractivity contribution < 1.29 is 38.1 Å². The van der Waals surface area contributed by atoms with Gasteiger partial charge in [0.2, 0.25) is 0 Å². The van der Waals surface area contributed by atoms with Crippen LogP contribution in [0.25, 0.3) is 0 Å². The molecule has 0 aromatic carbocycles. The lowest BCUT2D eigenvalue weighted by molar-refractivity contribution is -0.141. The Hall–Kier alpha value is -2.64. The molecule has 8 nitrogen and oxygen atoms in total. The summed E-state index contributed by atoms with van der Waals surface area (Å²) in [6, 6.07) is 0. The lowest BCUT2D eigenvalue weighted by Gasteiger charge is -2.10. The largest absolute Gasteiger partial charge is 0.463 e. The molecule has 0 aromatic heterocycles. The second-order valence-electron chi connectivity index (χ2n) is 18.5. The number of esters is 4. The monoisotopic (exact) mass is 903 g/mol. The van der Waals surface area contributed by atoms with E-state index in [9.17, 15) is 19.2 Å². The molecular weight excluding hydrogens is 801 g/mol. The highest BCUT2D eigenvalue weighted by Crippen LogP contribution is 2.18. The predicted molar refractivity (Wildman–Crippen MR) is 267 cm³/mol. The quantitative estimate of drug-likeness (QED) is 0.0257. The molecule has 0 heterocycles. The lowest BCUT2D eigenvalue weighted by atomic mass is 10.0. The maximum absolute atomic E-state index is 13.1. The molecule has 0 rings (SSSR count). The van der Waals surface area contributed by atoms with Gasteiger partial charge in [0.25, 0.3) is 0 Å². The van der Waals surface area contributed by atoms with Crippen LogP contribution in [0, 0.1) is 0 Å². The van der Waals surface area contributed by atoms with Crippen LogP contribution >= 0.6 is 0 Å². The Morgan fingerprint density at radius 3 is 0.719 bits per heavy atom. The minimum Gasteiger partial charge on any atom is -0.463 e. The van der Waals surface area contributed by atoms with Crippen LogP contribution in [0.4, 0.5) is 0 Å². The average Bonchev–Trinajstić information content (AvgIpc) is 3.29. The van der Waals surface area contributed by atoms with E-state index in [-0.39, 0.29) is 0 Å². The van der Waals surface area contributed by atoms with E-state index < -0.39 is 23.9 Å². The fourth-order valence-electron chi connectivity index (χ4n) is 7.98. The van der Waals surface area contributed by atoms with Gasteiger partial charge in [-0.2, -0.15) is 0 Å². The van der Waals surface area contributed by atoms with E-state index in [1.165, 1.54) is 141 Å². The molecule has 64 heavy (non-hydrogen) atoms. The van der Waals surface area contributed by atoms with E-state index in [1.54, 1.807) is 0 Å². The molecule has 0 aliphatic rings. The van der Waals surface area contributed by atoms with E-state index in [2.05, 4.69) is 27.7 Å². The van der Waals surface area contributed by atoms with Crippen molar-refractivity contribution in [1.29, 1.82) is 0 Å². The summed E-state index contributed by atoms with van der Waals surface area (Å²) in [5.74, 6) is -1.73. The molecule has 8 heteroatoms. The first-order valence-electron chi connectivity index (χ1n) is 27.5. The SMILES string of the molecule is CCCCCCCCCCOC(=O)/C=C(/CCCCCCCC/C(=C/C(=O)OCCCCCCCCCC)C(=O)OCCCCCCCCCC)C(=O)OCCCCCCCCCC. The Kier molecular flexibility index (Phi) is 47.7. The fraction of sp³-hybridized carbons (Fsp3) is 0.857. The first-order valence-corrected chi connectivity index (χ1v) is 27.5. The molecule has 0 bridgehead atoms. The summed E-state index contributed by atoms with van der Waals surface area (Å²) >= 11 is 0. The number of carbonyl (C=O) groups excluding carboxylic acids is 4. The van der Waals surface area contributed by atoms with Gasteiger partial charge in [-0.1, -0.05) is 233 Å². The molecule has 0 N–H and O–H groups in total. The molecule has 0 saturated carbocycles. The summed E-state index contributed by atoms with van der Waals surface area (Å²) in [4.78, 5) is 51.8. The van der Waals surface area contributed by atoms with Crippen LogP contribution < -0.4 is 0 Å². The Morgan fingerprint density at radius 2 is 0.469 bits per heavy atom. The van der Waals surface area contributed by atoms with E-state index in [1.807, 2.05) is 0 Å². The van der Waals surface area contributed by atoms with Crippen molar-refractivity contribution in [3.8, 4) is 0 Å². The summed E-state index contributed by atoms with van der Waals surface area (Å²) in [7, 11) is 0. The lowest BCUT2D eigenvalue weighted by Crippen LogP contribution is -2.13. The van der Waals surface area contributed by atoms with Gasteiger partial charge in [0.05, 0.1) is 26.4 Å². The highest BCUT2D eigenvalue weighted by molar-refractivity contribution is 5.97. The maximum Gasteiger partial charge on any atom is 0.334 e. The van der Waals surface area contributed by atoms with Crippen molar-refractivity contribution in [3.05, 3.63) is 23.3 Å². The summed E-state index contributed by atoms with van der Waals surface area (Å²) in [6.45, 7) is 10.4. The van der Waals surface area contributed by atoms with E-state index in [0.717, 1.165) is 116 Å². The molecule has 0 fully saturated rings. The number of ether oxygens (including phenoxy) is 4. The zero-order valence-electron chi connectivity index (χ0n) is 42.5. The number of unbranched alkanes of at least 4 members (excludes halogenated alkanes) is 33. The first kappa shape index (κ1) is 61.4. The van der Waals surface area contributed by atoms with Gasteiger partial charge in [-0.15, -0.1) is 0 Å². The molecule has 374 valence electrons. The molecular formula is C56H102O8. The minimum absolute atomic E-state index is 0.374. The van der Waals surface area contributed by atoms with Crippen LogP contribution in [0.2, 0.25) is 0 Å². The standard InChI is InChI=1S/C56H102O8/c1-5-9-13-17-21-27-33-39-45-61-53(57)49-51(55(59)63-47-41-35-29-23-19-15-11-7-3)43-37-31-25-26-32-38-44-52(56(60)64-48-42-36-30-24-20-16-12-8-4)50-54(58)62-46-40-34-28-22-18-14-10-6-2/h49-50H,5-48H2,1-4H3/b51-49-,52-50-. The number of hydrogen-bond acceptors (Lipinski definition) is 8. The van der Waals surface area contributed by atoms with E-state index >= 15 is 0 Å². The second kappa shape index (κ2) is 49.8. The van der Waals surface area contributed by atoms with Crippen molar-refractivity contribution in [2.24, 2.45) is 0 Å². The smallest absolute Gasteiger partial charge is 0.334 e. The van der Waals surface area contributed by atoms with E-state index in [0.29, 0.717) is 50.4 Å². The van der Waals surface area contributed by atoms with Crippen LogP contribution in [0.1, 0.15) is 285 Å². The number of rotatable bonds is 49. The van der Waals surface area contributed by atoms with Gasteiger partial charge in [-0.3, -0.25) is 0 Å². The van der Waals surface area contributed by atoms with Crippen molar-refractivity contribution in [2.45, 2.75) is 285 Å². The Morgan fingerprint density at radius 1 is 0.266 bits per heavy atom. The molecule has 0 aliphatic heterocycles. The zero-order chi connectivity index (χ0) is 46.8. The van der Waals surface area contributed by atoms with Gasteiger partial charge in [-0.25, -0.2) is 19.2 Å². The summed E-state index contributed by atoms with van der Waals surface area (Å²) in [5.41, 5.74) is 0.796.